The first-order chi connectivity index (χ1) is 9.78. The Morgan fingerprint density at radius 2 is 1.81 bits per heavy atom. The highest BCUT2D eigenvalue weighted by molar-refractivity contribution is 9.10. The van der Waals surface area contributed by atoms with E-state index in [1.54, 1.807) is 24.3 Å². The summed E-state index contributed by atoms with van der Waals surface area (Å²) in [7, 11) is -3.54. The fraction of sp³-hybridized carbons (Fsp3) is 0.385. The number of amides is 1. The molecule has 0 bridgehead atoms. The van der Waals surface area contributed by atoms with Gasteiger partial charge in [-0.05, 0) is 24.1 Å². The number of nitrogens with one attached hydrogen (secondary N) is 1. The molecular formula is C13H16BrNO5S. The summed E-state index contributed by atoms with van der Waals surface area (Å²) in [5.74, 6) is -2.37. The van der Waals surface area contributed by atoms with Gasteiger partial charge in [0.1, 0.15) is 5.75 Å². The molecule has 0 saturated heterocycles. The highest BCUT2D eigenvalue weighted by Crippen LogP contribution is 2.13. The van der Waals surface area contributed by atoms with E-state index in [1.165, 1.54) is 0 Å². The van der Waals surface area contributed by atoms with E-state index in [2.05, 4.69) is 21.2 Å². The van der Waals surface area contributed by atoms with E-state index in [1.807, 2.05) is 0 Å². The van der Waals surface area contributed by atoms with Gasteiger partial charge in [-0.15, -0.1) is 0 Å². The molecule has 0 atom stereocenters. The Balaban J connectivity index is 2.42. The second-order valence-corrected chi connectivity index (χ2v) is 7.49. The average Bonchev–Trinajstić information content (AvgIpc) is 2.36. The zero-order valence-electron chi connectivity index (χ0n) is 11.2. The molecule has 21 heavy (non-hydrogen) atoms. The molecule has 0 unspecified atom stereocenters. The molecule has 1 aromatic rings. The van der Waals surface area contributed by atoms with Crippen LogP contribution in [0.5, 0.6) is 0 Å². The number of rotatable bonds is 8. The van der Waals surface area contributed by atoms with Crippen molar-refractivity contribution in [1.82, 2.24) is 5.32 Å². The number of hydrogen-bond acceptors (Lipinski definition) is 4. The van der Waals surface area contributed by atoms with Gasteiger partial charge in [0, 0.05) is 17.4 Å². The molecular weight excluding hydrogens is 362 g/mol. The summed E-state index contributed by atoms with van der Waals surface area (Å²) in [6.45, 7) is 0.152. The lowest BCUT2D eigenvalue weighted by molar-refractivity contribution is -0.137. The van der Waals surface area contributed by atoms with Crippen LogP contribution in [0.1, 0.15) is 18.4 Å². The lowest BCUT2D eigenvalue weighted by Gasteiger charge is -2.06. The fourth-order valence-corrected chi connectivity index (χ4v) is 3.17. The number of carbonyl (C=O) groups is 2. The number of benzene rings is 1. The minimum atomic E-state index is -3.54. The third-order valence-corrected chi connectivity index (χ3v) is 4.54. The van der Waals surface area contributed by atoms with E-state index in [4.69, 9.17) is 5.11 Å². The summed E-state index contributed by atoms with van der Waals surface area (Å²) in [6, 6.07) is 6.81. The van der Waals surface area contributed by atoms with Crippen LogP contribution >= 0.6 is 15.9 Å². The molecule has 0 fully saturated rings. The van der Waals surface area contributed by atoms with E-state index in [0.717, 1.165) is 4.47 Å². The zero-order valence-corrected chi connectivity index (χ0v) is 13.6. The van der Waals surface area contributed by atoms with Crippen molar-refractivity contribution in [2.24, 2.45) is 0 Å². The van der Waals surface area contributed by atoms with Crippen molar-refractivity contribution in [1.29, 1.82) is 0 Å². The second-order valence-electron chi connectivity index (χ2n) is 4.51. The van der Waals surface area contributed by atoms with Gasteiger partial charge in [0.2, 0.25) is 5.91 Å². The zero-order chi connectivity index (χ0) is 15.9. The first-order valence-electron chi connectivity index (χ1n) is 6.22. The van der Waals surface area contributed by atoms with Crippen molar-refractivity contribution >= 4 is 37.6 Å². The van der Waals surface area contributed by atoms with E-state index in [0.29, 0.717) is 5.56 Å². The van der Waals surface area contributed by atoms with Crippen LogP contribution in [0, 0.1) is 0 Å². The maximum atomic E-state index is 11.9. The third-order valence-electron chi connectivity index (χ3n) is 2.54. The number of sulfone groups is 1. The first kappa shape index (κ1) is 17.6. The predicted octanol–water partition coefficient (Wildman–Crippen LogP) is 1.34. The van der Waals surface area contributed by atoms with Gasteiger partial charge in [-0.3, -0.25) is 9.59 Å². The van der Waals surface area contributed by atoms with Crippen LogP contribution in [-0.2, 0) is 25.2 Å². The summed E-state index contributed by atoms with van der Waals surface area (Å²) in [6.07, 6.45) is 0.208. The molecule has 0 radical (unpaired) electrons. The smallest absolute Gasteiger partial charge is 0.303 e. The molecule has 0 spiro atoms. The minimum Gasteiger partial charge on any atom is -0.481 e. The van der Waals surface area contributed by atoms with Crippen LogP contribution in [0.15, 0.2) is 28.7 Å². The molecule has 0 aliphatic carbocycles. The molecule has 1 amide bonds. The van der Waals surface area contributed by atoms with Gasteiger partial charge in [0.15, 0.2) is 9.84 Å². The van der Waals surface area contributed by atoms with Crippen LogP contribution < -0.4 is 5.32 Å². The number of carboxylic acids is 1. The molecule has 0 aliphatic rings. The highest BCUT2D eigenvalue weighted by atomic mass is 79.9. The van der Waals surface area contributed by atoms with Crippen LogP contribution in [0.25, 0.3) is 0 Å². The summed E-state index contributed by atoms with van der Waals surface area (Å²) < 4.78 is 24.6. The number of hydrogen-bond donors (Lipinski definition) is 2. The SMILES string of the molecule is O=C(O)CCCNC(=O)CS(=O)(=O)Cc1ccc(Br)cc1. The standard InChI is InChI=1S/C13H16BrNO5S/c14-11-5-3-10(4-6-11)8-21(19,20)9-12(16)15-7-1-2-13(17)18/h3-6H,1-2,7-9H2,(H,15,16)(H,17,18). The Morgan fingerprint density at radius 3 is 2.38 bits per heavy atom. The van der Waals surface area contributed by atoms with E-state index in [-0.39, 0.29) is 25.1 Å². The van der Waals surface area contributed by atoms with Crippen molar-refractivity contribution in [3.05, 3.63) is 34.3 Å². The second kappa shape index (κ2) is 8.14. The van der Waals surface area contributed by atoms with E-state index >= 15 is 0 Å². The normalized spacial score (nSPS) is 11.1. The number of halogens is 1. The molecule has 8 heteroatoms. The van der Waals surface area contributed by atoms with Crippen LogP contribution in [-0.4, -0.2) is 37.7 Å². The lowest BCUT2D eigenvalue weighted by atomic mass is 10.2. The van der Waals surface area contributed by atoms with Gasteiger partial charge >= 0.3 is 5.97 Å². The van der Waals surface area contributed by atoms with Gasteiger partial charge < -0.3 is 10.4 Å². The monoisotopic (exact) mass is 377 g/mol. The molecule has 1 aromatic carbocycles. The Labute approximate surface area is 131 Å². The van der Waals surface area contributed by atoms with E-state index in [9.17, 15) is 18.0 Å². The lowest BCUT2D eigenvalue weighted by Crippen LogP contribution is -2.31. The van der Waals surface area contributed by atoms with Crippen molar-refractivity contribution in [2.45, 2.75) is 18.6 Å². The highest BCUT2D eigenvalue weighted by Gasteiger charge is 2.17. The topological polar surface area (TPSA) is 101 Å². The maximum absolute atomic E-state index is 11.9. The molecule has 0 aliphatic heterocycles. The van der Waals surface area contributed by atoms with Gasteiger partial charge in [0.05, 0.1) is 5.75 Å². The average molecular weight is 378 g/mol. The molecule has 0 saturated carbocycles. The van der Waals surface area contributed by atoms with Gasteiger partial charge in [0.25, 0.3) is 0 Å². The summed E-state index contributed by atoms with van der Waals surface area (Å²) in [4.78, 5) is 21.8. The minimum absolute atomic E-state index is 0.0636. The van der Waals surface area contributed by atoms with Gasteiger partial charge in [-0.2, -0.15) is 0 Å². The molecule has 0 aromatic heterocycles. The van der Waals surface area contributed by atoms with Crippen molar-refractivity contribution in [2.75, 3.05) is 12.3 Å². The van der Waals surface area contributed by atoms with Gasteiger partial charge in [-0.1, -0.05) is 28.1 Å². The molecule has 2 N–H and O–H groups in total. The van der Waals surface area contributed by atoms with Crippen molar-refractivity contribution < 1.29 is 23.1 Å². The maximum Gasteiger partial charge on any atom is 0.303 e. The quantitative estimate of drug-likeness (QED) is 0.665. The fourth-order valence-electron chi connectivity index (χ4n) is 1.60. The third kappa shape index (κ3) is 7.81. The predicted molar refractivity (Wildman–Crippen MR) is 81.5 cm³/mol. The van der Waals surface area contributed by atoms with Crippen LogP contribution in [0.3, 0.4) is 0 Å². The number of carboxylic acid groups (broad SMARTS) is 1. The van der Waals surface area contributed by atoms with Crippen LogP contribution in [0.4, 0.5) is 0 Å². The molecule has 0 heterocycles. The summed E-state index contributed by atoms with van der Waals surface area (Å²) >= 11 is 3.26. The Hall–Kier alpha value is -1.41. The summed E-state index contributed by atoms with van der Waals surface area (Å²) in [5.41, 5.74) is 0.608. The van der Waals surface area contributed by atoms with Gasteiger partial charge in [-0.25, -0.2) is 8.42 Å². The first-order valence-corrected chi connectivity index (χ1v) is 8.83. The van der Waals surface area contributed by atoms with Crippen molar-refractivity contribution in [3.63, 3.8) is 0 Å². The Kier molecular flexibility index (Phi) is 6.83. The number of aliphatic carboxylic acids is 1. The molecule has 6 nitrogen and oxygen atoms in total. The summed E-state index contributed by atoms with van der Waals surface area (Å²) in [5, 5.41) is 10.8. The number of carbonyl (C=O) groups excluding carboxylic acids is 1. The van der Waals surface area contributed by atoms with Crippen LogP contribution in [0.2, 0.25) is 0 Å². The van der Waals surface area contributed by atoms with E-state index < -0.39 is 27.5 Å². The molecule has 116 valence electrons. The largest absolute Gasteiger partial charge is 0.481 e. The Morgan fingerprint density at radius 1 is 1.19 bits per heavy atom. The Bertz CT molecular complexity index is 597. The molecule has 1 rings (SSSR count). The van der Waals surface area contributed by atoms with Crippen molar-refractivity contribution in [3.8, 4) is 0 Å².